The maximum Gasteiger partial charge on any atom is 0.119 e. The smallest absolute Gasteiger partial charge is 0.119 e. The fourth-order valence-electron chi connectivity index (χ4n) is 6.59. The van der Waals surface area contributed by atoms with Crippen molar-refractivity contribution in [3.8, 4) is 5.75 Å². The van der Waals surface area contributed by atoms with Crippen molar-refractivity contribution < 1.29 is 4.74 Å². The van der Waals surface area contributed by atoms with Crippen LogP contribution in [0.4, 0.5) is 5.69 Å². The van der Waals surface area contributed by atoms with Gasteiger partial charge in [-0.3, -0.25) is 0 Å². The van der Waals surface area contributed by atoms with Crippen LogP contribution in [0.25, 0.3) is 0 Å². The summed E-state index contributed by atoms with van der Waals surface area (Å²) in [6.07, 6.45) is 3.29. The highest BCUT2D eigenvalue weighted by Gasteiger charge is 2.61. The van der Waals surface area contributed by atoms with Gasteiger partial charge in [0.15, 0.2) is 0 Å². The third kappa shape index (κ3) is 3.62. The number of benzene rings is 3. The van der Waals surface area contributed by atoms with Crippen LogP contribution in [-0.4, -0.2) is 7.11 Å². The zero-order valence-electron chi connectivity index (χ0n) is 21.4. The topological polar surface area (TPSA) is 21.3 Å². The summed E-state index contributed by atoms with van der Waals surface area (Å²) >= 11 is 0. The molecule has 34 heavy (non-hydrogen) atoms. The highest BCUT2D eigenvalue weighted by molar-refractivity contribution is 5.85. The van der Waals surface area contributed by atoms with Crippen molar-refractivity contribution in [2.75, 3.05) is 12.4 Å². The van der Waals surface area contributed by atoms with Gasteiger partial charge in [-0.2, -0.15) is 0 Å². The maximum atomic E-state index is 5.59. The van der Waals surface area contributed by atoms with E-state index in [2.05, 4.69) is 107 Å². The van der Waals surface area contributed by atoms with E-state index < -0.39 is 0 Å². The number of hydrogen-bond acceptors (Lipinski definition) is 2. The molecular weight excluding hydrogens is 438 g/mol. The zero-order valence-corrected chi connectivity index (χ0v) is 22.2. The zero-order chi connectivity index (χ0) is 23.5. The van der Waals surface area contributed by atoms with Crippen LogP contribution >= 0.6 is 12.4 Å². The molecule has 1 heterocycles. The number of fused-ring (bicyclic) bond motifs is 3. The Morgan fingerprint density at radius 1 is 0.824 bits per heavy atom. The lowest BCUT2D eigenvalue weighted by Crippen LogP contribution is -2.55. The summed E-state index contributed by atoms with van der Waals surface area (Å²) < 4.78 is 5.59. The minimum Gasteiger partial charge on any atom is -0.497 e. The Hall–Kier alpha value is -2.45. The standard InChI is InChI=1S/C31H37NO.ClH/c1-28(2,3)23-15-16-27-26(20-23)30(5)21-29(4,24-13-10-14-25(19-24)33-6)17-18-31(30,32-27)22-11-8-7-9-12-22;/h7-16,19-20,32H,17-18,21H2,1-6H3;1H. The first-order valence-corrected chi connectivity index (χ1v) is 12.2. The van der Waals surface area contributed by atoms with E-state index in [1.54, 1.807) is 7.11 Å². The molecule has 3 aromatic carbocycles. The Kier molecular flexibility index (Phi) is 6.05. The average molecular weight is 476 g/mol. The summed E-state index contributed by atoms with van der Waals surface area (Å²) in [5, 5.41) is 4.07. The fraction of sp³-hybridized carbons (Fsp3) is 0.419. The Bertz CT molecular complexity index is 1180. The van der Waals surface area contributed by atoms with Gasteiger partial charge in [0.05, 0.1) is 12.6 Å². The van der Waals surface area contributed by atoms with Gasteiger partial charge in [0.2, 0.25) is 0 Å². The molecule has 3 unspecified atom stereocenters. The van der Waals surface area contributed by atoms with Gasteiger partial charge in [0.25, 0.3) is 0 Å². The maximum absolute atomic E-state index is 5.59. The molecule has 0 saturated heterocycles. The molecule has 1 N–H and O–H groups in total. The lowest BCUT2D eigenvalue weighted by Gasteiger charge is -2.54. The van der Waals surface area contributed by atoms with E-state index in [0.717, 1.165) is 25.0 Å². The van der Waals surface area contributed by atoms with Gasteiger partial charge in [-0.25, -0.2) is 0 Å². The first-order valence-electron chi connectivity index (χ1n) is 12.2. The monoisotopic (exact) mass is 475 g/mol. The fourth-order valence-corrected chi connectivity index (χ4v) is 6.59. The van der Waals surface area contributed by atoms with Crippen LogP contribution in [0.5, 0.6) is 5.75 Å². The quantitative estimate of drug-likeness (QED) is 0.412. The van der Waals surface area contributed by atoms with Crippen LogP contribution in [0, 0.1) is 0 Å². The van der Waals surface area contributed by atoms with E-state index >= 15 is 0 Å². The first-order chi connectivity index (χ1) is 15.6. The first kappa shape index (κ1) is 24.7. The number of rotatable bonds is 3. The molecule has 3 atom stereocenters. The molecule has 0 radical (unpaired) electrons. The van der Waals surface area contributed by atoms with Crippen LogP contribution in [0.2, 0.25) is 0 Å². The molecule has 3 heteroatoms. The van der Waals surface area contributed by atoms with Gasteiger partial charge in [-0.1, -0.05) is 89.2 Å². The van der Waals surface area contributed by atoms with Crippen LogP contribution < -0.4 is 10.1 Å². The normalized spacial score (nSPS) is 27.7. The van der Waals surface area contributed by atoms with Gasteiger partial charge in [-0.15, -0.1) is 12.4 Å². The minimum absolute atomic E-state index is 0. The van der Waals surface area contributed by atoms with Gasteiger partial charge >= 0.3 is 0 Å². The van der Waals surface area contributed by atoms with E-state index in [4.69, 9.17) is 4.74 Å². The lowest BCUT2D eigenvalue weighted by atomic mass is 9.51. The second-order valence-electron chi connectivity index (χ2n) is 11.7. The molecule has 1 aliphatic carbocycles. The van der Waals surface area contributed by atoms with Crippen molar-refractivity contribution in [2.24, 2.45) is 0 Å². The molecule has 0 spiro atoms. The molecule has 180 valence electrons. The number of halogens is 1. The largest absolute Gasteiger partial charge is 0.497 e. The van der Waals surface area contributed by atoms with Crippen molar-refractivity contribution in [3.63, 3.8) is 0 Å². The van der Waals surface area contributed by atoms with Crippen molar-refractivity contribution >= 4 is 18.1 Å². The molecule has 1 aliphatic heterocycles. The van der Waals surface area contributed by atoms with Crippen molar-refractivity contribution in [3.05, 3.63) is 95.1 Å². The van der Waals surface area contributed by atoms with E-state index in [1.807, 2.05) is 6.07 Å². The second kappa shape index (κ2) is 8.34. The van der Waals surface area contributed by atoms with Gasteiger partial charge < -0.3 is 10.1 Å². The summed E-state index contributed by atoms with van der Waals surface area (Å²) in [5.41, 5.74) is 6.99. The molecule has 0 bridgehead atoms. The Morgan fingerprint density at radius 3 is 2.21 bits per heavy atom. The second-order valence-corrected chi connectivity index (χ2v) is 11.7. The number of anilines is 1. The number of nitrogens with one attached hydrogen (secondary N) is 1. The van der Waals surface area contributed by atoms with Crippen molar-refractivity contribution in [1.82, 2.24) is 0 Å². The minimum atomic E-state index is -0.106. The highest BCUT2D eigenvalue weighted by Crippen LogP contribution is 2.64. The predicted molar refractivity (Wildman–Crippen MR) is 146 cm³/mol. The van der Waals surface area contributed by atoms with Crippen LogP contribution in [0.3, 0.4) is 0 Å². The Labute approximate surface area is 211 Å². The molecule has 1 saturated carbocycles. The van der Waals surface area contributed by atoms with Crippen LogP contribution in [0.1, 0.15) is 76.1 Å². The molecule has 5 rings (SSSR count). The molecule has 0 aromatic heterocycles. The summed E-state index contributed by atoms with van der Waals surface area (Å²) in [6.45, 7) is 11.9. The summed E-state index contributed by atoms with van der Waals surface area (Å²) in [4.78, 5) is 0. The van der Waals surface area contributed by atoms with Crippen molar-refractivity contribution in [2.45, 2.75) is 75.7 Å². The molecule has 1 fully saturated rings. The van der Waals surface area contributed by atoms with E-state index in [0.29, 0.717) is 0 Å². The summed E-state index contributed by atoms with van der Waals surface area (Å²) in [6, 6.07) is 27.0. The van der Waals surface area contributed by atoms with Gasteiger partial charge in [-0.05, 0) is 70.5 Å². The number of ether oxygens (including phenoxy) is 1. The molecule has 2 aliphatic rings. The molecule has 2 nitrogen and oxygen atoms in total. The summed E-state index contributed by atoms with van der Waals surface area (Å²) in [5.74, 6) is 0.943. The third-order valence-electron chi connectivity index (χ3n) is 8.60. The summed E-state index contributed by atoms with van der Waals surface area (Å²) in [7, 11) is 1.76. The number of methoxy groups -OCH3 is 1. The lowest BCUT2D eigenvalue weighted by molar-refractivity contribution is 0.128. The van der Waals surface area contributed by atoms with E-state index in [9.17, 15) is 0 Å². The van der Waals surface area contributed by atoms with Gasteiger partial charge in [0.1, 0.15) is 5.75 Å². The van der Waals surface area contributed by atoms with Crippen molar-refractivity contribution in [1.29, 1.82) is 0 Å². The van der Waals surface area contributed by atoms with E-state index in [1.165, 1.54) is 27.9 Å². The third-order valence-corrected chi connectivity index (χ3v) is 8.60. The predicted octanol–water partition coefficient (Wildman–Crippen LogP) is 8.14. The molecular formula is C31H38ClNO. The van der Waals surface area contributed by atoms with Crippen LogP contribution in [0.15, 0.2) is 72.8 Å². The molecule has 0 amide bonds. The Morgan fingerprint density at radius 2 is 1.53 bits per heavy atom. The van der Waals surface area contributed by atoms with Crippen LogP contribution in [-0.2, 0) is 21.8 Å². The highest BCUT2D eigenvalue weighted by atomic mass is 35.5. The SMILES string of the molecule is COc1cccc(C2(C)CCC3(c4ccccc4)Nc4ccc(C(C)(C)C)cc4C3(C)C2)c1.Cl. The molecule has 3 aromatic rings. The van der Waals surface area contributed by atoms with E-state index in [-0.39, 0.29) is 34.2 Å². The Balaban J connectivity index is 0.00000274. The van der Waals surface area contributed by atoms with Gasteiger partial charge in [0, 0.05) is 11.1 Å². The number of hydrogen-bond donors (Lipinski definition) is 1. The average Bonchev–Trinajstić information content (AvgIpc) is 3.07.